The van der Waals surface area contributed by atoms with Crippen LogP contribution in [0.25, 0.3) is 34.3 Å². The molecule has 1 aliphatic rings. The Kier molecular flexibility index (Phi) is 4.73. The lowest BCUT2D eigenvalue weighted by molar-refractivity contribution is 0.0941. The summed E-state index contributed by atoms with van der Waals surface area (Å²) >= 11 is 0. The van der Waals surface area contributed by atoms with Crippen molar-refractivity contribution >= 4 is 40.3 Å². The summed E-state index contributed by atoms with van der Waals surface area (Å²) in [7, 11) is 0. The van der Waals surface area contributed by atoms with Crippen molar-refractivity contribution in [1.82, 2.24) is 24.5 Å². The first-order chi connectivity index (χ1) is 17.5. The minimum absolute atomic E-state index is 0.0720. The number of nitrogen functional groups attached to an aromatic ring is 1. The van der Waals surface area contributed by atoms with Gasteiger partial charge in [-0.15, -0.1) is 11.5 Å². The van der Waals surface area contributed by atoms with Crippen molar-refractivity contribution in [1.29, 1.82) is 0 Å². The number of nitrogens with two attached hydrogens (primary N) is 1. The fourth-order valence-electron chi connectivity index (χ4n) is 4.92. The highest BCUT2D eigenvalue weighted by molar-refractivity contribution is 6.08. The van der Waals surface area contributed by atoms with Crippen molar-refractivity contribution in [2.45, 2.75) is 13.0 Å². The number of benzene rings is 2. The monoisotopic (exact) mass is 472 g/mol. The Morgan fingerprint density at radius 2 is 1.92 bits per heavy atom. The van der Waals surface area contributed by atoms with E-state index in [1.54, 1.807) is 29.1 Å². The molecule has 0 saturated carbocycles. The SMILES string of the molecule is C#Cc1ccc2c3c(c([C@@H](C)NC(=O)c4c(N)nn5cccnc45)n(-c4ccccc4)c(=O)c13)C=C2. The second kappa shape index (κ2) is 7.96. The normalized spacial score (nSPS) is 12.7. The predicted octanol–water partition coefficient (Wildman–Crippen LogP) is 3.57. The maximum absolute atomic E-state index is 14.0. The Bertz CT molecular complexity index is 1840. The molecule has 0 fully saturated rings. The lowest BCUT2D eigenvalue weighted by Crippen LogP contribution is -2.33. The second-order valence-corrected chi connectivity index (χ2v) is 8.55. The third-order valence-corrected chi connectivity index (χ3v) is 6.45. The van der Waals surface area contributed by atoms with Crippen molar-refractivity contribution in [3.8, 4) is 18.0 Å². The summed E-state index contributed by atoms with van der Waals surface area (Å²) in [6.07, 6.45) is 12.9. The van der Waals surface area contributed by atoms with Crippen molar-refractivity contribution in [3.05, 3.63) is 99.2 Å². The number of hydrogen-bond donors (Lipinski definition) is 2. The first kappa shape index (κ1) is 21.4. The zero-order valence-corrected chi connectivity index (χ0v) is 19.3. The Labute approximate surface area is 205 Å². The van der Waals surface area contributed by atoms with E-state index < -0.39 is 11.9 Å². The molecule has 1 amide bonds. The van der Waals surface area contributed by atoms with Crippen molar-refractivity contribution in [2.75, 3.05) is 5.73 Å². The number of carbonyl (C=O) groups is 1. The van der Waals surface area contributed by atoms with Gasteiger partial charge in [-0.1, -0.05) is 42.3 Å². The van der Waals surface area contributed by atoms with E-state index in [0.29, 0.717) is 28.0 Å². The van der Waals surface area contributed by atoms with Gasteiger partial charge in [0.2, 0.25) is 0 Å². The Hall–Kier alpha value is -5.16. The molecule has 6 rings (SSSR count). The van der Waals surface area contributed by atoms with E-state index in [0.717, 1.165) is 16.5 Å². The summed E-state index contributed by atoms with van der Waals surface area (Å²) in [5, 5.41) is 8.47. The number of nitrogens with zero attached hydrogens (tertiary/aromatic N) is 4. The van der Waals surface area contributed by atoms with Crippen LogP contribution in [0.5, 0.6) is 0 Å². The number of carbonyl (C=O) groups excluding carboxylic acids is 1. The van der Waals surface area contributed by atoms with Crippen LogP contribution in [-0.4, -0.2) is 25.1 Å². The van der Waals surface area contributed by atoms with E-state index in [1.165, 1.54) is 4.52 Å². The molecule has 0 aliphatic heterocycles. The average Bonchev–Trinajstić information content (AvgIpc) is 3.46. The van der Waals surface area contributed by atoms with Crippen LogP contribution in [0.3, 0.4) is 0 Å². The zero-order chi connectivity index (χ0) is 25.0. The minimum atomic E-state index is -0.576. The number of rotatable bonds is 4. The molecule has 8 heteroatoms. The Morgan fingerprint density at radius 3 is 2.69 bits per heavy atom. The number of fused-ring (bicyclic) bond motifs is 1. The Morgan fingerprint density at radius 1 is 1.11 bits per heavy atom. The average molecular weight is 473 g/mol. The molecule has 1 atom stereocenters. The molecule has 3 aromatic heterocycles. The van der Waals surface area contributed by atoms with Gasteiger partial charge in [0, 0.05) is 34.6 Å². The van der Waals surface area contributed by atoms with Gasteiger partial charge in [-0.25, -0.2) is 9.50 Å². The number of aromatic nitrogens is 4. The maximum Gasteiger partial charge on any atom is 0.264 e. The fraction of sp³-hybridized carbons (Fsp3) is 0.0714. The molecular weight excluding hydrogens is 452 g/mol. The minimum Gasteiger partial charge on any atom is -0.381 e. The highest BCUT2D eigenvalue weighted by atomic mass is 16.2. The molecule has 3 N–H and O–H groups in total. The molecule has 0 spiro atoms. The summed E-state index contributed by atoms with van der Waals surface area (Å²) in [4.78, 5) is 31.7. The van der Waals surface area contributed by atoms with Gasteiger partial charge >= 0.3 is 0 Å². The third-order valence-electron chi connectivity index (χ3n) is 6.45. The molecule has 5 aromatic rings. The molecular formula is C28H20N6O2. The maximum atomic E-state index is 14.0. The predicted molar refractivity (Wildman–Crippen MR) is 140 cm³/mol. The van der Waals surface area contributed by atoms with Gasteiger partial charge in [-0.05, 0) is 36.8 Å². The van der Waals surface area contributed by atoms with E-state index in [-0.39, 0.29) is 16.9 Å². The smallest absolute Gasteiger partial charge is 0.264 e. The molecule has 174 valence electrons. The van der Waals surface area contributed by atoms with Crippen molar-refractivity contribution in [2.24, 2.45) is 0 Å². The standard InChI is InChI=1S/C28H20N6O2/c1-3-17-10-11-18-12-13-20-21(18)22(17)28(36)34(19-8-5-4-6-9-19)24(20)16(2)31-27(35)23-25(29)32-33-15-7-14-30-26(23)33/h1,4-16H,2H3,(H2,29,32)(H,31,35)/t16-/m1/s1. The number of hydrogen-bond acceptors (Lipinski definition) is 5. The van der Waals surface area contributed by atoms with Crippen LogP contribution in [0.4, 0.5) is 5.82 Å². The molecule has 8 nitrogen and oxygen atoms in total. The molecule has 2 aromatic carbocycles. The third kappa shape index (κ3) is 3.03. The first-order valence-electron chi connectivity index (χ1n) is 11.3. The van der Waals surface area contributed by atoms with Gasteiger partial charge in [0.15, 0.2) is 11.5 Å². The van der Waals surface area contributed by atoms with E-state index in [1.807, 2.05) is 55.5 Å². The fourth-order valence-corrected chi connectivity index (χ4v) is 4.92. The number of terminal acetylenes is 1. The molecule has 36 heavy (non-hydrogen) atoms. The van der Waals surface area contributed by atoms with Crippen LogP contribution in [0, 0.1) is 12.3 Å². The molecule has 0 bridgehead atoms. The highest BCUT2D eigenvalue weighted by Gasteiger charge is 2.28. The van der Waals surface area contributed by atoms with Crippen LogP contribution in [0.15, 0.2) is 65.7 Å². The van der Waals surface area contributed by atoms with Crippen LogP contribution < -0.4 is 16.6 Å². The van der Waals surface area contributed by atoms with Gasteiger partial charge < -0.3 is 11.1 Å². The molecule has 3 heterocycles. The number of anilines is 1. The lowest BCUT2D eigenvalue weighted by atomic mass is 9.97. The zero-order valence-electron chi connectivity index (χ0n) is 19.3. The van der Waals surface area contributed by atoms with Gasteiger partial charge in [0.1, 0.15) is 5.56 Å². The quantitative estimate of drug-likeness (QED) is 0.382. The van der Waals surface area contributed by atoms with Gasteiger partial charge in [-0.2, -0.15) is 0 Å². The number of pyridine rings is 1. The van der Waals surface area contributed by atoms with E-state index in [4.69, 9.17) is 12.2 Å². The van der Waals surface area contributed by atoms with E-state index in [9.17, 15) is 9.59 Å². The summed E-state index contributed by atoms with van der Waals surface area (Å²) in [6.45, 7) is 1.83. The van der Waals surface area contributed by atoms with E-state index in [2.05, 4.69) is 21.3 Å². The Balaban J connectivity index is 1.57. The summed E-state index contributed by atoms with van der Waals surface area (Å²) in [5.41, 5.74) is 9.93. The molecule has 0 radical (unpaired) electrons. The summed E-state index contributed by atoms with van der Waals surface area (Å²) in [6, 6.07) is 14.1. The topological polar surface area (TPSA) is 107 Å². The summed E-state index contributed by atoms with van der Waals surface area (Å²) < 4.78 is 3.08. The molecule has 0 saturated heterocycles. The van der Waals surface area contributed by atoms with E-state index >= 15 is 0 Å². The van der Waals surface area contributed by atoms with Gasteiger partial charge in [-0.3, -0.25) is 14.2 Å². The molecule has 1 aliphatic carbocycles. The van der Waals surface area contributed by atoms with Gasteiger partial charge in [0.25, 0.3) is 11.5 Å². The van der Waals surface area contributed by atoms with Crippen LogP contribution in [-0.2, 0) is 0 Å². The first-order valence-corrected chi connectivity index (χ1v) is 11.3. The van der Waals surface area contributed by atoms with Crippen LogP contribution in [0.1, 0.15) is 45.7 Å². The molecule has 0 unspecified atom stereocenters. The number of para-hydroxylation sites is 1. The summed E-state index contributed by atoms with van der Waals surface area (Å²) in [5.74, 6) is 2.29. The van der Waals surface area contributed by atoms with Crippen molar-refractivity contribution in [3.63, 3.8) is 0 Å². The van der Waals surface area contributed by atoms with Crippen LogP contribution in [0.2, 0.25) is 0 Å². The van der Waals surface area contributed by atoms with Crippen molar-refractivity contribution < 1.29 is 4.79 Å². The van der Waals surface area contributed by atoms with Crippen LogP contribution >= 0.6 is 0 Å². The second-order valence-electron chi connectivity index (χ2n) is 8.55. The van der Waals surface area contributed by atoms with Gasteiger partial charge in [0.05, 0.1) is 17.1 Å². The number of nitrogens with one attached hydrogen (secondary N) is 1. The number of amides is 1. The highest BCUT2D eigenvalue weighted by Crippen LogP contribution is 2.36. The lowest BCUT2D eigenvalue weighted by Gasteiger charge is -2.23. The largest absolute Gasteiger partial charge is 0.381 e.